The van der Waals surface area contributed by atoms with Crippen molar-refractivity contribution in [2.24, 2.45) is 0 Å². The normalized spacial score (nSPS) is 11.0. The molecule has 2 aromatic carbocycles. The van der Waals surface area contributed by atoms with Crippen LogP contribution < -0.4 is 10.1 Å². The summed E-state index contributed by atoms with van der Waals surface area (Å²) in [6, 6.07) is 17.0. The first-order valence-electron chi connectivity index (χ1n) is 6.41. The predicted octanol–water partition coefficient (Wildman–Crippen LogP) is 3.92. The van der Waals surface area contributed by atoms with Crippen molar-refractivity contribution in [2.75, 3.05) is 5.32 Å². The van der Waals surface area contributed by atoms with Gasteiger partial charge >= 0.3 is 0 Å². The third-order valence-corrected chi connectivity index (χ3v) is 2.78. The highest BCUT2D eigenvalue weighted by atomic mass is 16.5. The van der Waals surface area contributed by atoms with Gasteiger partial charge in [0.2, 0.25) is 0 Å². The van der Waals surface area contributed by atoms with E-state index in [0.29, 0.717) is 11.3 Å². The summed E-state index contributed by atoms with van der Waals surface area (Å²) in [5.41, 5.74) is 2.44. The molecule has 3 nitrogen and oxygen atoms in total. The minimum Gasteiger partial charge on any atom is -0.465 e. The molecule has 0 fully saturated rings. The summed E-state index contributed by atoms with van der Waals surface area (Å²) in [4.78, 5) is 12.0. The number of carbonyl (C=O) groups excluding carboxylic acids is 1. The largest absolute Gasteiger partial charge is 0.465 e. The molecule has 3 heteroatoms. The van der Waals surface area contributed by atoms with Crippen molar-refractivity contribution in [3.63, 3.8) is 0 Å². The van der Waals surface area contributed by atoms with Gasteiger partial charge in [0, 0.05) is 11.3 Å². The molecule has 0 atom stereocenters. The molecule has 0 aliphatic rings. The molecule has 0 heterocycles. The van der Waals surface area contributed by atoms with Crippen LogP contribution in [0.5, 0.6) is 5.75 Å². The van der Waals surface area contributed by atoms with E-state index in [2.05, 4.69) is 5.32 Å². The van der Waals surface area contributed by atoms with E-state index in [1.54, 1.807) is 6.92 Å². The van der Waals surface area contributed by atoms with Crippen molar-refractivity contribution in [1.29, 1.82) is 0 Å². The number of rotatable bonds is 4. The Morgan fingerprint density at radius 3 is 2.35 bits per heavy atom. The van der Waals surface area contributed by atoms with Crippen LogP contribution in [-0.2, 0) is 4.79 Å². The molecule has 2 rings (SSSR count). The summed E-state index contributed by atoms with van der Waals surface area (Å²) < 4.78 is 5.42. The fraction of sp³-hybridized carbons (Fsp3) is 0.118. The van der Waals surface area contributed by atoms with Gasteiger partial charge in [0.15, 0.2) is 0 Å². The van der Waals surface area contributed by atoms with Gasteiger partial charge in [0.25, 0.3) is 5.91 Å². The fourth-order valence-electron chi connectivity index (χ4n) is 1.58. The van der Waals surface area contributed by atoms with Gasteiger partial charge in [0.1, 0.15) is 5.75 Å². The van der Waals surface area contributed by atoms with Crippen LogP contribution in [0.25, 0.3) is 0 Å². The zero-order valence-corrected chi connectivity index (χ0v) is 11.6. The lowest BCUT2D eigenvalue weighted by atomic mass is 10.2. The zero-order valence-electron chi connectivity index (χ0n) is 11.6. The second-order valence-electron chi connectivity index (χ2n) is 4.55. The Morgan fingerprint density at radius 1 is 1.05 bits per heavy atom. The lowest BCUT2D eigenvalue weighted by Crippen LogP contribution is -2.13. The number of anilines is 1. The molecule has 0 aliphatic carbocycles. The van der Waals surface area contributed by atoms with Crippen LogP contribution >= 0.6 is 0 Å². The number of aryl methyl sites for hydroxylation is 1. The summed E-state index contributed by atoms with van der Waals surface area (Å²) in [5.74, 6) is 0.528. The van der Waals surface area contributed by atoms with E-state index in [9.17, 15) is 4.79 Å². The number of carbonyl (C=O) groups is 1. The van der Waals surface area contributed by atoms with Gasteiger partial charge in [0.05, 0.1) is 6.26 Å². The van der Waals surface area contributed by atoms with E-state index in [1.165, 1.54) is 6.26 Å². The van der Waals surface area contributed by atoms with E-state index >= 15 is 0 Å². The number of nitrogens with one attached hydrogen (secondary N) is 1. The number of hydrogen-bond donors (Lipinski definition) is 1. The molecule has 2 aromatic rings. The first-order chi connectivity index (χ1) is 9.65. The minimum atomic E-state index is -0.176. The molecule has 0 spiro atoms. The Kier molecular flexibility index (Phi) is 4.56. The average Bonchev–Trinajstić information content (AvgIpc) is 2.48. The highest BCUT2D eigenvalue weighted by molar-refractivity contribution is 6.03. The van der Waals surface area contributed by atoms with Crippen LogP contribution in [0, 0.1) is 6.92 Å². The monoisotopic (exact) mass is 267 g/mol. The number of benzene rings is 2. The van der Waals surface area contributed by atoms with E-state index in [4.69, 9.17) is 4.74 Å². The van der Waals surface area contributed by atoms with Gasteiger partial charge in [-0.2, -0.15) is 0 Å². The van der Waals surface area contributed by atoms with Gasteiger partial charge in [-0.15, -0.1) is 0 Å². The number of hydrogen-bond acceptors (Lipinski definition) is 2. The average molecular weight is 267 g/mol. The van der Waals surface area contributed by atoms with Crippen LogP contribution in [0.4, 0.5) is 5.69 Å². The highest BCUT2D eigenvalue weighted by Gasteiger charge is 2.05. The Morgan fingerprint density at radius 2 is 1.70 bits per heavy atom. The van der Waals surface area contributed by atoms with Crippen LogP contribution in [0.15, 0.2) is 66.4 Å². The summed E-state index contributed by atoms with van der Waals surface area (Å²) in [6.45, 7) is 3.72. The van der Waals surface area contributed by atoms with Crippen molar-refractivity contribution in [2.45, 2.75) is 13.8 Å². The minimum absolute atomic E-state index is 0.176. The number of para-hydroxylation sites is 1. The van der Waals surface area contributed by atoms with Gasteiger partial charge in [-0.05, 0) is 38.1 Å². The molecular weight excluding hydrogens is 250 g/mol. The number of ether oxygens (including phenoxy) is 1. The van der Waals surface area contributed by atoms with Crippen molar-refractivity contribution in [3.05, 3.63) is 72.0 Å². The second kappa shape index (κ2) is 6.57. The quantitative estimate of drug-likeness (QED) is 0.673. The third-order valence-electron chi connectivity index (χ3n) is 2.78. The van der Waals surface area contributed by atoms with Crippen LogP contribution in [0.1, 0.15) is 12.5 Å². The Hall–Kier alpha value is -2.55. The highest BCUT2D eigenvalue weighted by Crippen LogP contribution is 2.12. The van der Waals surface area contributed by atoms with Gasteiger partial charge < -0.3 is 10.1 Å². The van der Waals surface area contributed by atoms with Crippen molar-refractivity contribution in [3.8, 4) is 5.75 Å². The SMILES string of the molecule is C/C(=C\Oc1ccccc1)C(=O)Nc1ccc(C)cc1. The molecule has 0 saturated heterocycles. The smallest absolute Gasteiger partial charge is 0.254 e. The first-order valence-corrected chi connectivity index (χ1v) is 6.41. The maximum absolute atomic E-state index is 12.0. The van der Waals surface area contributed by atoms with Crippen molar-refractivity contribution in [1.82, 2.24) is 0 Å². The summed E-state index contributed by atoms with van der Waals surface area (Å²) in [7, 11) is 0. The Labute approximate surface area is 118 Å². The maximum atomic E-state index is 12.0. The van der Waals surface area contributed by atoms with Crippen LogP contribution in [-0.4, -0.2) is 5.91 Å². The van der Waals surface area contributed by atoms with Crippen LogP contribution in [0.2, 0.25) is 0 Å². The third kappa shape index (κ3) is 3.99. The lowest BCUT2D eigenvalue weighted by molar-refractivity contribution is -0.112. The molecule has 1 N–H and O–H groups in total. The lowest BCUT2D eigenvalue weighted by Gasteiger charge is -2.06. The summed E-state index contributed by atoms with van der Waals surface area (Å²) >= 11 is 0. The topological polar surface area (TPSA) is 38.3 Å². The maximum Gasteiger partial charge on any atom is 0.254 e. The standard InChI is InChI=1S/C17H17NO2/c1-13-8-10-15(11-9-13)18-17(19)14(2)12-20-16-6-4-3-5-7-16/h3-12H,1-2H3,(H,18,19)/b14-12+. The van der Waals surface area contributed by atoms with Crippen molar-refractivity contribution >= 4 is 11.6 Å². The first kappa shape index (κ1) is 13.9. The van der Waals surface area contributed by atoms with E-state index in [0.717, 1.165) is 11.3 Å². The second-order valence-corrected chi connectivity index (χ2v) is 4.55. The molecule has 20 heavy (non-hydrogen) atoms. The molecule has 102 valence electrons. The van der Waals surface area contributed by atoms with E-state index in [1.807, 2.05) is 61.5 Å². The number of amides is 1. The Bertz CT molecular complexity index is 601. The molecule has 0 bridgehead atoms. The summed E-state index contributed by atoms with van der Waals surface area (Å²) in [5, 5.41) is 2.82. The molecule has 0 aromatic heterocycles. The van der Waals surface area contributed by atoms with E-state index in [-0.39, 0.29) is 5.91 Å². The van der Waals surface area contributed by atoms with Gasteiger partial charge in [-0.3, -0.25) is 4.79 Å². The zero-order chi connectivity index (χ0) is 14.4. The van der Waals surface area contributed by atoms with Crippen molar-refractivity contribution < 1.29 is 9.53 Å². The van der Waals surface area contributed by atoms with Gasteiger partial charge in [-0.25, -0.2) is 0 Å². The predicted molar refractivity (Wildman–Crippen MR) is 80.6 cm³/mol. The molecular formula is C17H17NO2. The molecule has 1 amide bonds. The fourth-order valence-corrected chi connectivity index (χ4v) is 1.58. The molecule has 0 radical (unpaired) electrons. The van der Waals surface area contributed by atoms with Gasteiger partial charge in [-0.1, -0.05) is 35.9 Å². The van der Waals surface area contributed by atoms with Crippen LogP contribution in [0.3, 0.4) is 0 Å². The molecule has 0 aliphatic heterocycles. The molecule has 0 unspecified atom stereocenters. The molecule has 0 saturated carbocycles. The van der Waals surface area contributed by atoms with E-state index < -0.39 is 0 Å². The Balaban J connectivity index is 1.96. The summed E-state index contributed by atoms with van der Waals surface area (Å²) in [6.07, 6.45) is 1.46.